The summed E-state index contributed by atoms with van der Waals surface area (Å²) in [6.45, 7) is 0.604. The summed E-state index contributed by atoms with van der Waals surface area (Å²) in [4.78, 5) is 13.0. The Morgan fingerprint density at radius 1 is 1.17 bits per heavy atom. The number of aliphatic hydroxyl groups excluding tert-OH is 1. The molecule has 1 unspecified atom stereocenters. The molecule has 2 aromatic carbocycles. The van der Waals surface area contributed by atoms with Crippen LogP contribution in [0.2, 0.25) is 0 Å². The summed E-state index contributed by atoms with van der Waals surface area (Å²) in [5, 5.41) is 20.9. The number of hydrogen-bond donors (Lipinski definition) is 2. The van der Waals surface area contributed by atoms with E-state index in [9.17, 15) is 9.90 Å². The van der Waals surface area contributed by atoms with E-state index in [0.29, 0.717) is 24.3 Å². The number of rotatable bonds is 8. The van der Waals surface area contributed by atoms with Crippen molar-refractivity contribution in [1.29, 1.82) is 5.26 Å². The Bertz CT molecular complexity index is 681. The van der Waals surface area contributed by atoms with Gasteiger partial charge in [0, 0.05) is 24.0 Å². The molecule has 0 fully saturated rings. The molecule has 24 heavy (non-hydrogen) atoms. The summed E-state index contributed by atoms with van der Waals surface area (Å²) in [5.41, 5.74) is 1.73. The van der Waals surface area contributed by atoms with Crippen LogP contribution in [0.4, 0.5) is 0 Å². The van der Waals surface area contributed by atoms with Crippen molar-refractivity contribution in [3.63, 3.8) is 0 Å². The highest BCUT2D eigenvalue weighted by atomic mass is 32.2. The van der Waals surface area contributed by atoms with Gasteiger partial charge in [-0.15, -0.1) is 11.8 Å². The van der Waals surface area contributed by atoms with Crippen molar-refractivity contribution in [2.45, 2.75) is 17.2 Å². The maximum Gasteiger partial charge on any atom is 0.230 e. The van der Waals surface area contributed by atoms with E-state index in [1.54, 1.807) is 12.1 Å². The number of hydrogen-bond acceptors (Lipinski definition) is 4. The minimum Gasteiger partial charge on any atom is -0.396 e. The number of carbonyl (C=O) groups excluding carboxylic acids is 1. The molecule has 5 heteroatoms. The number of aliphatic hydroxyl groups is 1. The summed E-state index contributed by atoms with van der Waals surface area (Å²) in [7, 11) is 0. The second-order valence-electron chi connectivity index (χ2n) is 5.35. The van der Waals surface area contributed by atoms with E-state index in [2.05, 4.69) is 11.4 Å². The Kier molecular flexibility index (Phi) is 7.34. The van der Waals surface area contributed by atoms with Crippen LogP contribution in [0.1, 0.15) is 23.5 Å². The van der Waals surface area contributed by atoms with Gasteiger partial charge in [-0.25, -0.2) is 0 Å². The number of nitrogens with one attached hydrogen (secondary N) is 1. The molecule has 0 aliphatic heterocycles. The van der Waals surface area contributed by atoms with E-state index in [-0.39, 0.29) is 18.4 Å². The molecule has 0 aliphatic rings. The predicted octanol–water partition coefficient (Wildman–Crippen LogP) is 2.93. The molecule has 0 spiro atoms. The number of benzene rings is 2. The summed E-state index contributed by atoms with van der Waals surface area (Å²) < 4.78 is 0. The molecule has 4 nitrogen and oxygen atoms in total. The first kappa shape index (κ1) is 18.1. The van der Waals surface area contributed by atoms with E-state index < -0.39 is 0 Å². The van der Waals surface area contributed by atoms with Crippen LogP contribution in [0, 0.1) is 11.3 Å². The van der Waals surface area contributed by atoms with Crippen molar-refractivity contribution < 1.29 is 9.90 Å². The van der Waals surface area contributed by atoms with E-state index in [4.69, 9.17) is 5.26 Å². The normalized spacial score (nSPS) is 11.5. The van der Waals surface area contributed by atoms with E-state index >= 15 is 0 Å². The maximum atomic E-state index is 12.0. The Labute approximate surface area is 146 Å². The summed E-state index contributed by atoms with van der Waals surface area (Å²) in [6.07, 6.45) is 0.618. The standard InChI is InChI=1S/C19H20N2O2S/c20-12-15-6-8-18(9-7-15)24-14-19(23)21-13-17(10-11-22)16-4-2-1-3-5-16/h1-9,17,22H,10-11,13-14H2,(H,21,23). The van der Waals surface area contributed by atoms with Gasteiger partial charge >= 0.3 is 0 Å². The molecule has 0 heterocycles. The molecular weight excluding hydrogens is 320 g/mol. The average molecular weight is 340 g/mol. The monoisotopic (exact) mass is 340 g/mol. The van der Waals surface area contributed by atoms with Crippen molar-refractivity contribution in [3.8, 4) is 6.07 Å². The number of nitriles is 1. The quantitative estimate of drug-likeness (QED) is 0.725. The van der Waals surface area contributed by atoms with Gasteiger partial charge in [-0.05, 0) is 36.2 Å². The lowest BCUT2D eigenvalue weighted by Crippen LogP contribution is -2.30. The third kappa shape index (κ3) is 5.73. The van der Waals surface area contributed by atoms with Gasteiger partial charge in [-0.1, -0.05) is 30.3 Å². The predicted molar refractivity (Wildman–Crippen MR) is 95.8 cm³/mol. The van der Waals surface area contributed by atoms with Crippen molar-refractivity contribution in [1.82, 2.24) is 5.32 Å². The largest absolute Gasteiger partial charge is 0.396 e. The molecule has 0 saturated carbocycles. The minimum atomic E-state index is -0.0387. The summed E-state index contributed by atoms with van der Waals surface area (Å²) in [6, 6.07) is 19.1. The fourth-order valence-corrected chi connectivity index (χ4v) is 3.06. The Morgan fingerprint density at radius 3 is 2.50 bits per heavy atom. The van der Waals surface area contributed by atoms with Gasteiger partial charge in [0.2, 0.25) is 5.91 Å². The molecule has 0 aromatic heterocycles. The van der Waals surface area contributed by atoms with Gasteiger partial charge in [0.05, 0.1) is 17.4 Å². The first-order chi connectivity index (χ1) is 11.7. The number of thioether (sulfide) groups is 1. The SMILES string of the molecule is N#Cc1ccc(SCC(=O)NCC(CCO)c2ccccc2)cc1. The van der Waals surface area contributed by atoms with Gasteiger partial charge < -0.3 is 10.4 Å². The van der Waals surface area contributed by atoms with Crippen LogP contribution < -0.4 is 5.32 Å². The third-order valence-electron chi connectivity index (χ3n) is 3.65. The highest BCUT2D eigenvalue weighted by molar-refractivity contribution is 8.00. The molecule has 1 atom stereocenters. The summed E-state index contributed by atoms with van der Waals surface area (Å²) >= 11 is 1.44. The molecule has 2 N–H and O–H groups in total. The zero-order valence-corrected chi connectivity index (χ0v) is 14.1. The number of nitrogens with zero attached hydrogens (tertiary/aromatic N) is 1. The van der Waals surface area contributed by atoms with E-state index in [1.807, 2.05) is 42.5 Å². The number of carbonyl (C=O) groups is 1. The molecular formula is C19H20N2O2S. The van der Waals surface area contributed by atoms with Crippen molar-refractivity contribution in [2.75, 3.05) is 18.9 Å². The van der Waals surface area contributed by atoms with Gasteiger partial charge in [-0.2, -0.15) is 5.26 Å². The second-order valence-corrected chi connectivity index (χ2v) is 6.40. The molecule has 2 aromatic rings. The minimum absolute atomic E-state index is 0.0387. The molecule has 2 rings (SSSR count). The summed E-state index contributed by atoms with van der Waals surface area (Å²) in [5.74, 6) is 0.398. The lowest BCUT2D eigenvalue weighted by molar-refractivity contribution is -0.118. The first-order valence-corrected chi connectivity index (χ1v) is 8.77. The van der Waals surface area contributed by atoms with Crippen LogP contribution in [0.5, 0.6) is 0 Å². The Balaban J connectivity index is 1.81. The van der Waals surface area contributed by atoms with Crippen molar-refractivity contribution in [3.05, 3.63) is 65.7 Å². The molecule has 0 saturated heterocycles. The maximum absolute atomic E-state index is 12.0. The van der Waals surface area contributed by atoms with Gasteiger partial charge in [-0.3, -0.25) is 4.79 Å². The number of amides is 1. The van der Waals surface area contributed by atoms with E-state index in [1.165, 1.54) is 11.8 Å². The fourth-order valence-electron chi connectivity index (χ4n) is 2.33. The van der Waals surface area contributed by atoms with E-state index in [0.717, 1.165) is 10.5 Å². The first-order valence-electron chi connectivity index (χ1n) is 7.78. The molecule has 124 valence electrons. The van der Waals surface area contributed by atoms with Crippen LogP contribution in [0.25, 0.3) is 0 Å². The smallest absolute Gasteiger partial charge is 0.230 e. The molecule has 1 amide bonds. The van der Waals surface area contributed by atoms with Crippen LogP contribution in [-0.4, -0.2) is 29.9 Å². The average Bonchev–Trinajstić information content (AvgIpc) is 2.64. The molecule has 0 aliphatic carbocycles. The zero-order chi connectivity index (χ0) is 17.2. The highest BCUT2D eigenvalue weighted by Gasteiger charge is 2.12. The van der Waals surface area contributed by atoms with Gasteiger partial charge in [0.1, 0.15) is 0 Å². The van der Waals surface area contributed by atoms with Crippen molar-refractivity contribution in [2.24, 2.45) is 0 Å². The topological polar surface area (TPSA) is 73.1 Å². The lowest BCUT2D eigenvalue weighted by atomic mass is 9.96. The lowest BCUT2D eigenvalue weighted by Gasteiger charge is -2.17. The Morgan fingerprint density at radius 2 is 1.88 bits per heavy atom. The van der Waals surface area contributed by atoms with Crippen LogP contribution >= 0.6 is 11.8 Å². The van der Waals surface area contributed by atoms with Crippen molar-refractivity contribution >= 4 is 17.7 Å². The van der Waals surface area contributed by atoms with Gasteiger partial charge in [0.25, 0.3) is 0 Å². The molecule has 0 radical (unpaired) electrons. The van der Waals surface area contributed by atoms with Gasteiger partial charge in [0.15, 0.2) is 0 Å². The van der Waals surface area contributed by atoms with Crippen LogP contribution in [0.3, 0.4) is 0 Å². The zero-order valence-electron chi connectivity index (χ0n) is 13.3. The third-order valence-corrected chi connectivity index (χ3v) is 4.66. The highest BCUT2D eigenvalue weighted by Crippen LogP contribution is 2.20. The second kappa shape index (κ2) is 9.76. The Hall–Kier alpha value is -2.29. The van der Waals surface area contributed by atoms with Crippen LogP contribution in [-0.2, 0) is 4.79 Å². The fraction of sp³-hybridized carbons (Fsp3) is 0.263. The van der Waals surface area contributed by atoms with Crippen LogP contribution in [0.15, 0.2) is 59.5 Å². The molecule has 0 bridgehead atoms.